The second-order valence-corrected chi connectivity index (χ2v) is 14.1. The summed E-state index contributed by atoms with van der Waals surface area (Å²) in [6.07, 6.45) is -1.09. The first-order valence-electron chi connectivity index (χ1n) is 14.7. The fraction of sp³-hybridized carbons (Fsp3) is 0.265. The summed E-state index contributed by atoms with van der Waals surface area (Å²) in [6, 6.07) is 24.7. The van der Waals surface area contributed by atoms with E-state index < -0.39 is 26.8 Å². The lowest BCUT2D eigenvalue weighted by molar-refractivity contribution is -0.137. The molecule has 0 saturated heterocycles. The fourth-order valence-corrected chi connectivity index (χ4v) is 8.83. The molecule has 45 heavy (non-hydrogen) atoms. The quantitative estimate of drug-likeness (QED) is 0.195. The van der Waals surface area contributed by atoms with E-state index in [2.05, 4.69) is 39.6 Å². The first-order chi connectivity index (χ1) is 21.5. The molecule has 0 spiro atoms. The molecule has 1 heterocycles. The summed E-state index contributed by atoms with van der Waals surface area (Å²) in [4.78, 5) is 13.2. The summed E-state index contributed by atoms with van der Waals surface area (Å²) in [5, 5.41) is 6.08. The Balaban J connectivity index is 1.08. The first kappa shape index (κ1) is 29.7. The molecule has 4 aromatic rings. The second kappa shape index (κ2) is 11.1. The van der Waals surface area contributed by atoms with Gasteiger partial charge in [0.15, 0.2) is 0 Å². The monoisotopic (exact) mass is 651 g/mol. The second-order valence-electron chi connectivity index (χ2n) is 12.0. The molecule has 6 nitrogen and oxygen atoms in total. The van der Waals surface area contributed by atoms with Gasteiger partial charge in [-0.15, -0.1) is 0 Å². The standard InChI is InChI=1S/C34H29ClF3N3O3S/c35-28-14-11-24(18-27(28)34(36,37)38)41-45(43,44)25-12-9-23(10-13-25)39-33(42)22-8-15-29-26(17-22)30-20-6-7-21(16-20)31(30)32(40-29)19-4-2-1-3-5-19/h1-5,8-15,17-18,20-21,30-32,40-41H,6-7,16H2,(H,39,42)/t20-,21-,30-,31-,32-/m0/s1. The Morgan fingerprint density at radius 2 is 1.58 bits per heavy atom. The number of amides is 1. The van der Waals surface area contributed by atoms with E-state index in [1.807, 2.05) is 18.2 Å². The van der Waals surface area contributed by atoms with Gasteiger partial charge in [-0.3, -0.25) is 9.52 Å². The molecule has 2 aliphatic carbocycles. The van der Waals surface area contributed by atoms with Gasteiger partial charge in [0.25, 0.3) is 15.9 Å². The van der Waals surface area contributed by atoms with Gasteiger partial charge < -0.3 is 10.6 Å². The number of anilines is 3. The lowest BCUT2D eigenvalue weighted by atomic mass is 9.68. The molecule has 2 saturated carbocycles. The molecular weight excluding hydrogens is 623 g/mol. The molecule has 7 rings (SSSR count). The van der Waals surface area contributed by atoms with Crippen LogP contribution in [0.4, 0.5) is 30.2 Å². The third-order valence-corrected chi connectivity index (χ3v) is 11.2. The maximum absolute atomic E-state index is 13.3. The number of benzene rings is 4. The van der Waals surface area contributed by atoms with Crippen LogP contribution in [0, 0.1) is 17.8 Å². The van der Waals surface area contributed by atoms with Crippen molar-refractivity contribution in [3.8, 4) is 0 Å². The molecule has 11 heteroatoms. The van der Waals surface area contributed by atoms with Crippen LogP contribution in [0.15, 0.2) is 95.9 Å². The minimum absolute atomic E-state index is 0.181. The third-order valence-electron chi connectivity index (χ3n) is 9.45. The minimum atomic E-state index is -4.74. The number of alkyl halides is 3. The summed E-state index contributed by atoms with van der Waals surface area (Å²) >= 11 is 5.64. The van der Waals surface area contributed by atoms with Crippen molar-refractivity contribution >= 4 is 44.6 Å². The van der Waals surface area contributed by atoms with Crippen LogP contribution < -0.4 is 15.4 Å². The van der Waals surface area contributed by atoms with E-state index in [0.717, 1.165) is 17.8 Å². The molecule has 3 N–H and O–H groups in total. The highest BCUT2D eigenvalue weighted by Crippen LogP contribution is 2.63. The van der Waals surface area contributed by atoms with Gasteiger partial charge in [0, 0.05) is 22.6 Å². The van der Waals surface area contributed by atoms with Crippen molar-refractivity contribution in [2.24, 2.45) is 17.8 Å². The molecular formula is C34H29ClF3N3O3S. The van der Waals surface area contributed by atoms with Gasteiger partial charge >= 0.3 is 6.18 Å². The van der Waals surface area contributed by atoms with E-state index in [0.29, 0.717) is 41.0 Å². The van der Waals surface area contributed by atoms with Crippen LogP contribution in [0.5, 0.6) is 0 Å². The predicted octanol–water partition coefficient (Wildman–Crippen LogP) is 8.71. The lowest BCUT2D eigenvalue weighted by Gasteiger charge is -2.43. The Hall–Kier alpha value is -4.02. The number of nitrogens with one attached hydrogen (secondary N) is 3. The SMILES string of the molecule is O=C(Nc1ccc(S(=O)(=O)Nc2ccc(Cl)c(C(F)(F)F)c2)cc1)c1ccc2c(c1)[C@@H]1[C@H]3CC[C@@H](C3)[C@@H]1[C@H](c1ccccc1)N2. The molecule has 2 fully saturated rings. The highest BCUT2D eigenvalue weighted by molar-refractivity contribution is 7.92. The number of fused-ring (bicyclic) bond motifs is 7. The van der Waals surface area contributed by atoms with Crippen molar-refractivity contribution in [2.45, 2.75) is 42.3 Å². The number of hydrogen-bond donors (Lipinski definition) is 3. The highest BCUT2D eigenvalue weighted by atomic mass is 35.5. The van der Waals surface area contributed by atoms with E-state index in [1.165, 1.54) is 54.7 Å². The molecule has 0 unspecified atom stereocenters. The number of sulfonamides is 1. The van der Waals surface area contributed by atoms with Crippen molar-refractivity contribution in [3.63, 3.8) is 0 Å². The molecule has 3 aliphatic rings. The van der Waals surface area contributed by atoms with Gasteiger partial charge in [-0.1, -0.05) is 41.9 Å². The number of hydrogen-bond acceptors (Lipinski definition) is 4. The topological polar surface area (TPSA) is 87.3 Å². The molecule has 4 aromatic carbocycles. The van der Waals surface area contributed by atoms with Crippen molar-refractivity contribution < 1.29 is 26.4 Å². The van der Waals surface area contributed by atoms with Crippen molar-refractivity contribution in [1.82, 2.24) is 0 Å². The van der Waals surface area contributed by atoms with Crippen LogP contribution >= 0.6 is 11.6 Å². The van der Waals surface area contributed by atoms with Gasteiger partial charge in [-0.25, -0.2) is 8.42 Å². The summed E-state index contributed by atoms with van der Waals surface area (Å²) in [6.45, 7) is 0. The summed E-state index contributed by atoms with van der Waals surface area (Å²) in [7, 11) is -4.21. The van der Waals surface area contributed by atoms with Gasteiger partial charge in [0.2, 0.25) is 0 Å². The fourth-order valence-electron chi connectivity index (χ4n) is 7.56. The maximum Gasteiger partial charge on any atom is 0.417 e. The van der Waals surface area contributed by atoms with Crippen molar-refractivity contribution in [2.75, 3.05) is 15.4 Å². The molecule has 0 aromatic heterocycles. The molecule has 1 aliphatic heterocycles. The molecule has 1 amide bonds. The van der Waals surface area contributed by atoms with Crippen LogP contribution in [0.1, 0.15) is 58.3 Å². The number of carbonyl (C=O) groups is 1. The molecule has 0 radical (unpaired) electrons. The van der Waals surface area contributed by atoms with E-state index in [-0.39, 0.29) is 22.5 Å². The zero-order valence-corrected chi connectivity index (χ0v) is 25.4. The average Bonchev–Trinajstić information content (AvgIpc) is 3.65. The minimum Gasteiger partial charge on any atom is -0.378 e. The Morgan fingerprint density at radius 1 is 0.867 bits per heavy atom. The molecule has 2 bridgehead atoms. The van der Waals surface area contributed by atoms with E-state index in [9.17, 15) is 26.4 Å². The van der Waals surface area contributed by atoms with Gasteiger partial charge in [-0.2, -0.15) is 13.2 Å². The lowest BCUT2D eigenvalue weighted by Crippen LogP contribution is -2.35. The highest BCUT2D eigenvalue weighted by Gasteiger charge is 2.53. The third kappa shape index (κ3) is 5.55. The summed E-state index contributed by atoms with van der Waals surface area (Å²) in [5.41, 5.74) is 2.98. The number of halogens is 4. The van der Waals surface area contributed by atoms with Crippen molar-refractivity contribution in [3.05, 3.63) is 118 Å². The first-order valence-corrected chi connectivity index (χ1v) is 16.6. The largest absolute Gasteiger partial charge is 0.417 e. The maximum atomic E-state index is 13.3. The van der Waals surface area contributed by atoms with E-state index in [1.54, 1.807) is 6.07 Å². The zero-order chi connectivity index (χ0) is 31.5. The van der Waals surface area contributed by atoms with Crippen LogP contribution in [0.3, 0.4) is 0 Å². The van der Waals surface area contributed by atoms with Gasteiger partial charge in [0.1, 0.15) is 0 Å². The van der Waals surface area contributed by atoms with Crippen LogP contribution in [0.2, 0.25) is 5.02 Å². The Labute approximate surface area is 264 Å². The predicted molar refractivity (Wildman–Crippen MR) is 168 cm³/mol. The van der Waals surface area contributed by atoms with E-state index in [4.69, 9.17) is 11.6 Å². The number of rotatable bonds is 6. The van der Waals surface area contributed by atoms with Crippen LogP contribution in [-0.2, 0) is 16.2 Å². The summed E-state index contributed by atoms with van der Waals surface area (Å²) in [5.74, 6) is 1.77. The van der Waals surface area contributed by atoms with Crippen molar-refractivity contribution in [1.29, 1.82) is 0 Å². The average molecular weight is 652 g/mol. The zero-order valence-electron chi connectivity index (χ0n) is 23.8. The van der Waals surface area contributed by atoms with Crippen LogP contribution in [-0.4, -0.2) is 14.3 Å². The molecule has 232 valence electrons. The Bertz CT molecular complexity index is 1880. The van der Waals surface area contributed by atoms with Gasteiger partial charge in [0.05, 0.1) is 21.5 Å². The Kier molecular flexibility index (Phi) is 7.32. The van der Waals surface area contributed by atoms with Gasteiger partial charge in [-0.05, 0) is 115 Å². The summed E-state index contributed by atoms with van der Waals surface area (Å²) < 4.78 is 67.5. The Morgan fingerprint density at radius 3 is 2.31 bits per heavy atom. The number of carbonyl (C=O) groups excluding carboxylic acids is 1. The molecule has 5 atom stereocenters. The van der Waals surface area contributed by atoms with Crippen LogP contribution in [0.25, 0.3) is 0 Å². The van der Waals surface area contributed by atoms with E-state index >= 15 is 0 Å². The normalized spacial score (nSPS) is 23.5. The smallest absolute Gasteiger partial charge is 0.378 e.